The summed E-state index contributed by atoms with van der Waals surface area (Å²) in [5.41, 5.74) is 0.423. The summed E-state index contributed by atoms with van der Waals surface area (Å²) in [7, 11) is -3.55. The molecule has 2 amide bonds. The molecule has 8 heteroatoms. The molecule has 1 aromatic rings. The first-order valence-electron chi connectivity index (χ1n) is 7.38. The number of nitrogens with zero attached hydrogens (tertiary/aromatic N) is 2. The summed E-state index contributed by atoms with van der Waals surface area (Å²) < 4.78 is 27.1. The molecular weight excluding hydrogens is 316 g/mol. The molecule has 0 atom stereocenters. The Hall–Kier alpha value is -2.19. The molecule has 0 radical (unpaired) electrons. The third-order valence-corrected chi connectivity index (χ3v) is 5.03. The number of hydrogen-bond acceptors (Lipinski definition) is 4. The van der Waals surface area contributed by atoms with Gasteiger partial charge < -0.3 is 5.32 Å². The Morgan fingerprint density at radius 2 is 2.17 bits per heavy atom. The number of carbonyl (C=O) groups is 1. The van der Waals surface area contributed by atoms with Crippen LogP contribution in [-0.4, -0.2) is 38.8 Å². The van der Waals surface area contributed by atoms with E-state index in [1.807, 2.05) is 0 Å². The van der Waals surface area contributed by atoms with Gasteiger partial charge in [-0.2, -0.15) is 0 Å². The van der Waals surface area contributed by atoms with Gasteiger partial charge in [0.2, 0.25) is 10.0 Å². The van der Waals surface area contributed by atoms with Gasteiger partial charge in [-0.05, 0) is 43.0 Å². The first kappa shape index (κ1) is 15.7. The van der Waals surface area contributed by atoms with Gasteiger partial charge in [0.25, 0.3) is 0 Å². The fourth-order valence-electron chi connectivity index (χ4n) is 2.09. The largest absolute Gasteiger partial charge is 0.327 e. The first-order chi connectivity index (χ1) is 11.0. The van der Waals surface area contributed by atoms with Gasteiger partial charge in [-0.1, -0.05) is 6.07 Å². The highest BCUT2D eigenvalue weighted by Gasteiger charge is 2.24. The van der Waals surface area contributed by atoms with Crippen LogP contribution in [0.25, 0.3) is 0 Å². The minimum atomic E-state index is -3.55. The van der Waals surface area contributed by atoms with E-state index in [-0.39, 0.29) is 17.6 Å². The van der Waals surface area contributed by atoms with Crippen LogP contribution in [0.5, 0.6) is 0 Å². The Morgan fingerprint density at radius 3 is 2.87 bits per heavy atom. The minimum absolute atomic E-state index is 0.142. The topological polar surface area (TPSA) is 90.9 Å². The molecule has 2 aliphatic rings. The Kier molecular flexibility index (Phi) is 4.44. The molecule has 0 spiro atoms. The van der Waals surface area contributed by atoms with E-state index in [1.54, 1.807) is 30.6 Å². The van der Waals surface area contributed by atoms with Gasteiger partial charge in [-0.15, -0.1) is 0 Å². The number of rotatable bonds is 5. The van der Waals surface area contributed by atoms with Crippen LogP contribution in [0.2, 0.25) is 0 Å². The van der Waals surface area contributed by atoms with Crippen molar-refractivity contribution in [3.63, 3.8) is 0 Å². The molecule has 122 valence electrons. The van der Waals surface area contributed by atoms with Gasteiger partial charge in [-0.3, -0.25) is 9.89 Å². The van der Waals surface area contributed by atoms with Crippen LogP contribution in [-0.2, 0) is 10.0 Å². The van der Waals surface area contributed by atoms with Crippen molar-refractivity contribution in [3.8, 4) is 0 Å². The third-order valence-electron chi connectivity index (χ3n) is 3.61. The number of urea groups is 1. The lowest BCUT2D eigenvalue weighted by Gasteiger charge is -2.18. The average molecular weight is 334 g/mol. The van der Waals surface area contributed by atoms with Crippen LogP contribution in [0.15, 0.2) is 46.4 Å². The predicted octanol–water partition coefficient (Wildman–Crippen LogP) is 1.76. The molecule has 0 bridgehead atoms. The molecule has 1 saturated carbocycles. The Bertz CT molecular complexity index is 754. The van der Waals surface area contributed by atoms with Crippen molar-refractivity contribution in [2.75, 3.05) is 18.5 Å². The number of aliphatic imine (C=N–C) groups is 1. The summed E-state index contributed by atoms with van der Waals surface area (Å²) in [5.74, 6) is 0.458. The maximum absolute atomic E-state index is 12.2. The highest BCUT2D eigenvalue weighted by Crippen LogP contribution is 2.28. The molecule has 23 heavy (non-hydrogen) atoms. The molecular formula is C15H18N4O3S. The minimum Gasteiger partial charge on any atom is -0.307 e. The smallest absolute Gasteiger partial charge is 0.307 e. The van der Waals surface area contributed by atoms with Crippen molar-refractivity contribution in [1.29, 1.82) is 0 Å². The van der Waals surface area contributed by atoms with E-state index in [0.29, 0.717) is 18.2 Å². The quantitative estimate of drug-likeness (QED) is 0.859. The standard InChI is InChI=1S/C15H18N4O3S/c20-15(19-8-2-7-16-11-19)18-13-3-1-4-14(9-13)23(21,22)17-10-12-5-6-12/h1-4,7-9,12,17H,5-6,10-11H2,(H,18,20). The molecule has 1 fully saturated rings. The van der Waals surface area contributed by atoms with Gasteiger partial charge >= 0.3 is 6.03 Å². The SMILES string of the molecule is O=C(Nc1cccc(S(=O)(=O)NCC2CC2)c1)N1C=CC=NC1. The van der Waals surface area contributed by atoms with E-state index in [0.717, 1.165) is 12.8 Å². The second-order valence-electron chi connectivity index (χ2n) is 5.54. The molecule has 0 saturated heterocycles. The van der Waals surface area contributed by atoms with Crippen LogP contribution in [0.1, 0.15) is 12.8 Å². The monoisotopic (exact) mass is 334 g/mol. The fourth-order valence-corrected chi connectivity index (χ4v) is 3.25. The molecule has 7 nitrogen and oxygen atoms in total. The third kappa shape index (κ3) is 4.17. The molecule has 1 aliphatic heterocycles. The Morgan fingerprint density at radius 1 is 1.35 bits per heavy atom. The lowest BCUT2D eigenvalue weighted by Crippen LogP contribution is -2.32. The molecule has 1 aromatic carbocycles. The molecule has 1 heterocycles. The van der Waals surface area contributed by atoms with Gasteiger partial charge in [0.1, 0.15) is 6.67 Å². The van der Waals surface area contributed by atoms with E-state index in [2.05, 4.69) is 15.0 Å². The van der Waals surface area contributed by atoms with Gasteiger partial charge in [-0.25, -0.2) is 17.9 Å². The van der Waals surface area contributed by atoms with Crippen molar-refractivity contribution >= 4 is 28.0 Å². The van der Waals surface area contributed by atoms with E-state index in [4.69, 9.17) is 0 Å². The number of amides is 2. The average Bonchev–Trinajstić information content (AvgIpc) is 3.38. The zero-order valence-corrected chi connectivity index (χ0v) is 13.3. The highest BCUT2D eigenvalue weighted by molar-refractivity contribution is 7.89. The summed E-state index contributed by atoms with van der Waals surface area (Å²) in [6, 6.07) is 5.85. The summed E-state index contributed by atoms with van der Waals surface area (Å²) in [6.07, 6.45) is 7.03. The van der Waals surface area contributed by atoms with E-state index in [9.17, 15) is 13.2 Å². The number of benzene rings is 1. The Labute approximate surface area is 135 Å². The lowest BCUT2D eigenvalue weighted by atomic mass is 10.3. The molecule has 0 unspecified atom stereocenters. The summed E-state index contributed by atoms with van der Waals surface area (Å²) >= 11 is 0. The van der Waals surface area contributed by atoms with Crippen molar-refractivity contribution < 1.29 is 13.2 Å². The van der Waals surface area contributed by atoms with Crippen molar-refractivity contribution in [1.82, 2.24) is 9.62 Å². The van der Waals surface area contributed by atoms with Gasteiger partial charge in [0, 0.05) is 24.6 Å². The van der Waals surface area contributed by atoms with Gasteiger partial charge in [0.05, 0.1) is 4.90 Å². The van der Waals surface area contributed by atoms with E-state index >= 15 is 0 Å². The zero-order valence-electron chi connectivity index (χ0n) is 12.5. The lowest BCUT2D eigenvalue weighted by molar-refractivity contribution is 0.229. The highest BCUT2D eigenvalue weighted by atomic mass is 32.2. The van der Waals surface area contributed by atoms with Crippen LogP contribution < -0.4 is 10.0 Å². The van der Waals surface area contributed by atoms with Crippen LogP contribution in [0.3, 0.4) is 0 Å². The number of carbonyl (C=O) groups excluding carboxylic acids is 1. The number of sulfonamides is 1. The van der Waals surface area contributed by atoms with E-state index in [1.165, 1.54) is 17.0 Å². The first-order valence-corrected chi connectivity index (χ1v) is 8.87. The Balaban J connectivity index is 1.67. The number of nitrogens with one attached hydrogen (secondary N) is 2. The zero-order chi connectivity index (χ0) is 16.3. The normalized spacial score (nSPS) is 17.3. The van der Waals surface area contributed by atoms with Crippen LogP contribution in [0.4, 0.5) is 10.5 Å². The molecule has 2 N–H and O–H groups in total. The number of anilines is 1. The van der Waals surface area contributed by atoms with Gasteiger partial charge in [0.15, 0.2) is 0 Å². The van der Waals surface area contributed by atoms with E-state index < -0.39 is 10.0 Å². The van der Waals surface area contributed by atoms with Crippen molar-refractivity contribution in [2.24, 2.45) is 10.9 Å². The summed E-state index contributed by atoms with van der Waals surface area (Å²) in [4.78, 5) is 17.6. The van der Waals surface area contributed by atoms with Crippen LogP contribution in [0, 0.1) is 5.92 Å². The summed E-state index contributed by atoms with van der Waals surface area (Å²) in [6.45, 7) is 0.707. The van der Waals surface area contributed by atoms with Crippen molar-refractivity contribution in [3.05, 3.63) is 36.5 Å². The second-order valence-corrected chi connectivity index (χ2v) is 7.30. The fraction of sp³-hybridized carbons (Fsp3) is 0.333. The molecule has 1 aliphatic carbocycles. The predicted molar refractivity (Wildman–Crippen MR) is 87.7 cm³/mol. The second kappa shape index (κ2) is 6.51. The number of allylic oxidation sites excluding steroid dienone is 1. The van der Waals surface area contributed by atoms with Crippen LogP contribution >= 0.6 is 0 Å². The summed E-state index contributed by atoms with van der Waals surface area (Å²) in [5, 5.41) is 2.67. The maximum Gasteiger partial charge on any atom is 0.327 e. The maximum atomic E-state index is 12.2. The van der Waals surface area contributed by atoms with Crippen molar-refractivity contribution in [2.45, 2.75) is 17.7 Å². The molecule has 0 aromatic heterocycles. The molecule has 3 rings (SSSR count). The number of hydrogen-bond donors (Lipinski definition) is 2.